The highest BCUT2D eigenvalue weighted by Gasteiger charge is 2.20. The molecule has 0 saturated carbocycles. The van der Waals surface area contributed by atoms with Crippen molar-refractivity contribution < 1.29 is 4.92 Å². The number of nitrogen functional groups attached to an aromatic ring is 1. The summed E-state index contributed by atoms with van der Waals surface area (Å²) in [6.07, 6.45) is 0. The Morgan fingerprint density at radius 1 is 0.864 bits per heavy atom. The van der Waals surface area contributed by atoms with E-state index in [1.54, 1.807) is 13.8 Å². The van der Waals surface area contributed by atoms with E-state index < -0.39 is 10.6 Å². The maximum Gasteiger partial charge on any atom is 0.343 e. The first-order valence-electron chi connectivity index (χ1n) is 5.42. The molecule has 0 spiro atoms. The van der Waals surface area contributed by atoms with Crippen molar-refractivity contribution in [3.8, 4) is 0 Å². The molecule has 0 aromatic carbocycles. The fraction of sp³-hybridized carbons (Fsp3) is 0.200. The predicted molar refractivity (Wildman–Crippen MR) is 84.6 cm³/mol. The minimum Gasteiger partial charge on any atom is -0.394 e. The molecule has 2 aromatic rings. The quantitative estimate of drug-likeness (QED) is 0.451. The molecule has 118 valence electrons. The molecular formula is C10H8Cl4N6O2. The molecule has 0 radical (unpaired) electrons. The van der Waals surface area contributed by atoms with Crippen LogP contribution in [0, 0.1) is 24.0 Å². The Morgan fingerprint density at radius 2 is 1.18 bits per heavy atom. The number of rotatable bonds is 1. The van der Waals surface area contributed by atoms with E-state index in [0.717, 1.165) is 0 Å². The smallest absolute Gasteiger partial charge is 0.343 e. The maximum absolute atomic E-state index is 10.3. The van der Waals surface area contributed by atoms with Crippen molar-refractivity contribution in [3.05, 3.63) is 42.4 Å². The average Bonchev–Trinajstić information content (AvgIpc) is 2.34. The van der Waals surface area contributed by atoms with Gasteiger partial charge in [0.1, 0.15) is 17.3 Å². The molecule has 2 rings (SSSR count). The first-order valence-corrected chi connectivity index (χ1v) is 6.93. The SMILES string of the molecule is Cc1nc(Cl)c(N)c(Cl)n1.Cc1nc(Cl)c([N+](=O)[O-])c(Cl)n1. The first-order chi connectivity index (χ1) is 10.1. The summed E-state index contributed by atoms with van der Waals surface area (Å²) in [4.78, 5) is 24.3. The minimum atomic E-state index is -0.718. The highest BCUT2D eigenvalue weighted by Crippen LogP contribution is 2.28. The average molecular weight is 386 g/mol. The Bertz CT molecular complexity index is 681. The molecule has 2 heterocycles. The lowest BCUT2D eigenvalue weighted by atomic mass is 10.5. The minimum absolute atomic E-state index is 0.206. The van der Waals surface area contributed by atoms with Crippen molar-refractivity contribution in [2.24, 2.45) is 0 Å². The molecule has 0 unspecified atom stereocenters. The lowest BCUT2D eigenvalue weighted by Crippen LogP contribution is -1.97. The third-order valence-electron chi connectivity index (χ3n) is 2.06. The van der Waals surface area contributed by atoms with E-state index in [1.165, 1.54) is 0 Å². The number of hydrogen-bond donors (Lipinski definition) is 1. The van der Waals surface area contributed by atoms with Crippen LogP contribution in [-0.2, 0) is 0 Å². The third-order valence-corrected chi connectivity index (χ3v) is 3.16. The van der Waals surface area contributed by atoms with Crippen LogP contribution in [0.25, 0.3) is 0 Å². The van der Waals surface area contributed by atoms with Gasteiger partial charge in [-0.1, -0.05) is 46.4 Å². The molecule has 0 fully saturated rings. The zero-order valence-electron chi connectivity index (χ0n) is 11.1. The van der Waals surface area contributed by atoms with Gasteiger partial charge in [0.05, 0.1) is 4.92 Å². The summed E-state index contributed by atoms with van der Waals surface area (Å²) < 4.78 is 0. The number of nitro groups is 1. The van der Waals surface area contributed by atoms with Crippen LogP contribution in [0.2, 0.25) is 20.6 Å². The normalized spacial score (nSPS) is 9.91. The van der Waals surface area contributed by atoms with E-state index >= 15 is 0 Å². The van der Waals surface area contributed by atoms with Gasteiger partial charge in [0.25, 0.3) is 0 Å². The largest absolute Gasteiger partial charge is 0.394 e. The highest BCUT2D eigenvalue weighted by molar-refractivity contribution is 6.37. The van der Waals surface area contributed by atoms with Crippen LogP contribution >= 0.6 is 46.4 Å². The van der Waals surface area contributed by atoms with E-state index in [0.29, 0.717) is 11.6 Å². The Labute approximate surface area is 144 Å². The van der Waals surface area contributed by atoms with Crippen molar-refractivity contribution in [2.45, 2.75) is 13.8 Å². The molecule has 22 heavy (non-hydrogen) atoms. The molecule has 0 aliphatic heterocycles. The second-order valence-electron chi connectivity index (χ2n) is 3.72. The number of nitrogens with two attached hydrogens (primary N) is 1. The Morgan fingerprint density at radius 3 is 1.50 bits per heavy atom. The predicted octanol–water partition coefficient (Wildman–Crippen LogP) is 3.67. The number of anilines is 1. The molecule has 0 aliphatic rings. The van der Waals surface area contributed by atoms with Gasteiger partial charge in [0.2, 0.25) is 10.3 Å². The van der Waals surface area contributed by atoms with Crippen LogP contribution < -0.4 is 5.73 Å². The van der Waals surface area contributed by atoms with E-state index in [1.807, 2.05) is 0 Å². The maximum atomic E-state index is 10.3. The van der Waals surface area contributed by atoms with Gasteiger partial charge < -0.3 is 5.73 Å². The third kappa shape index (κ3) is 4.77. The molecule has 8 nitrogen and oxygen atoms in total. The molecule has 2 N–H and O–H groups in total. The van der Waals surface area contributed by atoms with Gasteiger partial charge in [-0.2, -0.15) is 0 Å². The van der Waals surface area contributed by atoms with Crippen LogP contribution in [-0.4, -0.2) is 24.9 Å². The first kappa shape index (κ1) is 18.6. The monoisotopic (exact) mass is 384 g/mol. The van der Waals surface area contributed by atoms with Crippen molar-refractivity contribution in [1.82, 2.24) is 19.9 Å². The van der Waals surface area contributed by atoms with E-state index in [2.05, 4.69) is 19.9 Å². The van der Waals surface area contributed by atoms with Crippen LogP contribution in [0.5, 0.6) is 0 Å². The molecule has 0 aliphatic carbocycles. The van der Waals surface area contributed by atoms with E-state index in [9.17, 15) is 10.1 Å². The molecule has 0 bridgehead atoms. The van der Waals surface area contributed by atoms with E-state index in [-0.39, 0.29) is 26.3 Å². The van der Waals surface area contributed by atoms with Gasteiger partial charge in [-0.15, -0.1) is 0 Å². The topological polar surface area (TPSA) is 121 Å². The Hall–Kier alpha value is -1.48. The number of nitrogens with zero attached hydrogens (tertiary/aromatic N) is 5. The van der Waals surface area contributed by atoms with Gasteiger partial charge in [-0.05, 0) is 13.8 Å². The van der Waals surface area contributed by atoms with Crippen molar-refractivity contribution in [1.29, 1.82) is 0 Å². The summed E-state index contributed by atoms with van der Waals surface area (Å²) >= 11 is 22.0. The van der Waals surface area contributed by atoms with Crippen LogP contribution in [0.15, 0.2) is 0 Å². The fourth-order valence-corrected chi connectivity index (χ4v) is 2.25. The van der Waals surface area contributed by atoms with Crippen LogP contribution in [0.4, 0.5) is 11.4 Å². The number of aryl methyl sites for hydroxylation is 2. The van der Waals surface area contributed by atoms with Crippen molar-refractivity contribution in [3.63, 3.8) is 0 Å². The van der Waals surface area contributed by atoms with Crippen molar-refractivity contribution in [2.75, 3.05) is 5.73 Å². The summed E-state index contributed by atoms with van der Waals surface area (Å²) in [6, 6.07) is 0. The van der Waals surface area contributed by atoms with Gasteiger partial charge >= 0.3 is 5.69 Å². The molecular weight excluding hydrogens is 378 g/mol. The van der Waals surface area contributed by atoms with Gasteiger partial charge in [-0.3, -0.25) is 10.1 Å². The van der Waals surface area contributed by atoms with E-state index in [4.69, 9.17) is 52.1 Å². The van der Waals surface area contributed by atoms with Crippen LogP contribution in [0.1, 0.15) is 11.6 Å². The fourth-order valence-electron chi connectivity index (χ4n) is 1.17. The van der Waals surface area contributed by atoms with Gasteiger partial charge in [-0.25, -0.2) is 19.9 Å². The number of aromatic nitrogens is 4. The van der Waals surface area contributed by atoms with Gasteiger partial charge in [0, 0.05) is 0 Å². The van der Waals surface area contributed by atoms with Gasteiger partial charge in [0.15, 0.2) is 10.3 Å². The number of halogens is 4. The lowest BCUT2D eigenvalue weighted by molar-refractivity contribution is -0.385. The Kier molecular flexibility index (Phi) is 6.48. The number of hydrogen-bond acceptors (Lipinski definition) is 7. The van der Waals surface area contributed by atoms with Crippen molar-refractivity contribution >= 4 is 57.8 Å². The Balaban J connectivity index is 0.000000224. The zero-order chi connectivity index (χ0) is 17.0. The van der Waals surface area contributed by atoms with Crippen LogP contribution in [0.3, 0.4) is 0 Å². The lowest BCUT2D eigenvalue weighted by Gasteiger charge is -1.98. The standard InChI is InChI=1S/C5H3Cl2N3O2.C5H5Cl2N3/c1-2-8-4(6)3(10(11)12)5(7)9-2;1-2-9-4(6)3(8)5(7)10-2/h1H3;8H2,1H3. The summed E-state index contributed by atoms with van der Waals surface area (Å²) in [7, 11) is 0. The second kappa shape index (κ2) is 7.68. The molecule has 0 amide bonds. The molecule has 0 saturated heterocycles. The zero-order valence-corrected chi connectivity index (χ0v) is 14.2. The summed E-state index contributed by atoms with van der Waals surface area (Å²) in [6.45, 7) is 3.23. The molecule has 12 heteroatoms. The molecule has 0 atom stereocenters. The highest BCUT2D eigenvalue weighted by atomic mass is 35.5. The summed E-state index contributed by atoms with van der Waals surface area (Å²) in [5.41, 5.74) is 5.14. The second-order valence-corrected chi connectivity index (χ2v) is 5.16. The summed E-state index contributed by atoms with van der Waals surface area (Å²) in [5, 5.41) is 10.2. The molecule has 2 aromatic heterocycles. The summed E-state index contributed by atoms with van der Waals surface area (Å²) in [5.74, 6) is 0.819.